The quantitative estimate of drug-likeness (QED) is 0.423. The Labute approximate surface area is 122 Å². The van der Waals surface area contributed by atoms with Gasteiger partial charge in [0.05, 0.1) is 0 Å². The summed E-state index contributed by atoms with van der Waals surface area (Å²) in [6, 6.07) is 2.62. The maximum atomic E-state index is 10.6. The van der Waals surface area contributed by atoms with Crippen LogP contribution >= 0.6 is 31.9 Å². The molecule has 0 spiro atoms. The van der Waals surface area contributed by atoms with Gasteiger partial charge in [0.1, 0.15) is 5.69 Å². The molecular formula is C6H2Br2NNaO3S. The first-order valence-electron chi connectivity index (χ1n) is 2.98. The summed E-state index contributed by atoms with van der Waals surface area (Å²) in [6.45, 7) is 0. The zero-order valence-electron chi connectivity index (χ0n) is 6.99. The van der Waals surface area contributed by atoms with Gasteiger partial charge in [-0.2, -0.15) is 0 Å². The van der Waals surface area contributed by atoms with Crippen LogP contribution < -0.4 is 29.6 Å². The van der Waals surface area contributed by atoms with E-state index in [4.69, 9.17) is 0 Å². The molecule has 70 valence electrons. The average molecular weight is 351 g/mol. The van der Waals surface area contributed by atoms with Gasteiger partial charge in [-0.1, -0.05) is 0 Å². The van der Waals surface area contributed by atoms with Crippen molar-refractivity contribution in [1.82, 2.24) is 0 Å². The second-order valence-electron chi connectivity index (χ2n) is 2.06. The molecule has 0 N–H and O–H groups in total. The molecule has 0 heterocycles. The van der Waals surface area contributed by atoms with Crippen LogP contribution in [-0.2, 0) is 11.1 Å². The van der Waals surface area contributed by atoms with Gasteiger partial charge >= 0.3 is 29.6 Å². The van der Waals surface area contributed by atoms with Gasteiger partial charge in [0.25, 0.3) is 0 Å². The maximum Gasteiger partial charge on any atom is 1.00 e. The van der Waals surface area contributed by atoms with Crippen molar-refractivity contribution in [2.45, 2.75) is 4.90 Å². The van der Waals surface area contributed by atoms with Crippen molar-refractivity contribution in [3.8, 4) is 0 Å². The maximum absolute atomic E-state index is 10.6. The molecule has 0 fully saturated rings. The zero-order chi connectivity index (χ0) is 10.0. The molecule has 0 bridgehead atoms. The number of halogens is 2. The molecule has 0 radical (unpaired) electrons. The molecule has 0 aliphatic heterocycles. The second-order valence-corrected chi connectivity index (χ2v) is 4.71. The number of hydrogen-bond acceptors (Lipinski definition) is 4. The van der Waals surface area contributed by atoms with Gasteiger partial charge in [0.2, 0.25) is 0 Å². The smallest absolute Gasteiger partial charge is 0.768 e. The van der Waals surface area contributed by atoms with Gasteiger partial charge in [0, 0.05) is 13.8 Å². The molecule has 1 rings (SSSR count). The van der Waals surface area contributed by atoms with Crippen LogP contribution in [0.5, 0.6) is 0 Å². The summed E-state index contributed by atoms with van der Waals surface area (Å²) in [4.78, 5) is 10.4. The van der Waals surface area contributed by atoms with Gasteiger partial charge in [-0.05, 0) is 60.2 Å². The molecule has 0 aliphatic rings. The van der Waals surface area contributed by atoms with Gasteiger partial charge < -0.3 is 4.55 Å². The van der Waals surface area contributed by atoms with E-state index in [0.717, 1.165) is 0 Å². The molecule has 1 atom stereocenters. The summed E-state index contributed by atoms with van der Waals surface area (Å²) in [7, 11) is 0. The van der Waals surface area contributed by atoms with E-state index in [9.17, 15) is 13.7 Å². The fourth-order valence-corrected chi connectivity index (χ4v) is 2.79. The molecule has 14 heavy (non-hydrogen) atoms. The zero-order valence-corrected chi connectivity index (χ0v) is 13.0. The minimum absolute atomic E-state index is 0. The average Bonchev–Trinajstić information content (AvgIpc) is 2.03. The van der Waals surface area contributed by atoms with E-state index >= 15 is 0 Å². The van der Waals surface area contributed by atoms with Gasteiger partial charge in [-0.25, -0.2) is 0 Å². The molecule has 0 aliphatic carbocycles. The van der Waals surface area contributed by atoms with Crippen LogP contribution in [0.25, 0.3) is 0 Å². The van der Waals surface area contributed by atoms with Crippen LogP contribution in [0.2, 0.25) is 0 Å². The van der Waals surface area contributed by atoms with Crippen LogP contribution in [-0.4, -0.2) is 8.76 Å². The van der Waals surface area contributed by atoms with Crippen LogP contribution in [0, 0.1) is 4.91 Å². The van der Waals surface area contributed by atoms with Crippen molar-refractivity contribution in [2.75, 3.05) is 0 Å². The Kier molecular flexibility index (Phi) is 6.88. The van der Waals surface area contributed by atoms with E-state index in [1.165, 1.54) is 12.1 Å². The van der Waals surface area contributed by atoms with Crippen molar-refractivity contribution in [3.63, 3.8) is 0 Å². The summed E-state index contributed by atoms with van der Waals surface area (Å²) in [5, 5.41) is 2.73. The van der Waals surface area contributed by atoms with Crippen molar-refractivity contribution < 1.29 is 38.3 Å². The van der Waals surface area contributed by atoms with Crippen molar-refractivity contribution in [3.05, 3.63) is 26.0 Å². The first-order chi connectivity index (χ1) is 6.06. The number of nitrogens with zero attached hydrogens (tertiary/aromatic N) is 1. The third kappa shape index (κ3) is 3.48. The third-order valence-corrected chi connectivity index (χ3v) is 3.10. The van der Waals surface area contributed by atoms with Gasteiger partial charge in [-0.15, -0.1) is 4.91 Å². The summed E-state index contributed by atoms with van der Waals surface area (Å²) in [5.41, 5.74) is 0.147. The molecule has 0 aromatic heterocycles. The van der Waals surface area contributed by atoms with E-state index in [1.54, 1.807) is 0 Å². The van der Waals surface area contributed by atoms with Gasteiger partial charge in [0.15, 0.2) is 0 Å². The monoisotopic (exact) mass is 349 g/mol. The molecule has 0 amide bonds. The third-order valence-electron chi connectivity index (χ3n) is 1.27. The standard InChI is InChI=1S/C6H3Br2NO3S.Na/c7-4-1-3(13(11)12)2-5(8)6(4)9-10;/h1-2H,(H,11,12);/q;+1/p-1. The second kappa shape index (κ2) is 6.47. The number of benzene rings is 1. The van der Waals surface area contributed by atoms with E-state index < -0.39 is 11.1 Å². The fourth-order valence-electron chi connectivity index (χ4n) is 0.726. The molecule has 1 aromatic rings. The number of rotatable bonds is 2. The first-order valence-corrected chi connectivity index (χ1v) is 5.64. The van der Waals surface area contributed by atoms with Crippen LogP contribution in [0.3, 0.4) is 0 Å². The van der Waals surface area contributed by atoms with E-state index in [1.807, 2.05) is 0 Å². The minimum Gasteiger partial charge on any atom is -0.768 e. The van der Waals surface area contributed by atoms with Crippen LogP contribution in [0.15, 0.2) is 31.2 Å². The predicted molar refractivity (Wildman–Crippen MR) is 54.5 cm³/mol. The number of hydrogen-bond donors (Lipinski definition) is 0. The first kappa shape index (κ1) is 14.9. The Morgan fingerprint density at radius 2 is 1.71 bits per heavy atom. The Bertz CT molecular complexity index is 364. The summed E-state index contributed by atoms with van der Waals surface area (Å²) < 4.78 is 21.8. The molecular weight excluding hydrogens is 349 g/mol. The predicted octanol–water partition coefficient (Wildman–Crippen LogP) is -0.149. The molecule has 0 saturated heterocycles. The SMILES string of the molecule is O=Nc1c(Br)cc(S(=O)[O-])cc1Br.[Na+]. The molecule has 8 heteroatoms. The molecule has 0 saturated carbocycles. The number of nitroso groups, excluding NO2 is 1. The Hall–Kier alpha value is 0.890. The summed E-state index contributed by atoms with van der Waals surface area (Å²) >= 11 is 3.75. The Morgan fingerprint density at radius 1 is 1.29 bits per heavy atom. The van der Waals surface area contributed by atoms with E-state index in [0.29, 0.717) is 8.95 Å². The minimum atomic E-state index is -2.31. The van der Waals surface area contributed by atoms with Crippen molar-refractivity contribution in [1.29, 1.82) is 0 Å². The Balaban J connectivity index is 0.00000169. The van der Waals surface area contributed by atoms with E-state index in [-0.39, 0.29) is 40.1 Å². The van der Waals surface area contributed by atoms with Crippen LogP contribution in [0.4, 0.5) is 5.69 Å². The molecule has 4 nitrogen and oxygen atoms in total. The topological polar surface area (TPSA) is 69.6 Å². The summed E-state index contributed by atoms with van der Waals surface area (Å²) in [5.74, 6) is 0. The molecule has 1 aromatic carbocycles. The van der Waals surface area contributed by atoms with Crippen molar-refractivity contribution >= 4 is 48.6 Å². The van der Waals surface area contributed by atoms with Crippen molar-refractivity contribution in [2.24, 2.45) is 5.18 Å². The van der Waals surface area contributed by atoms with Gasteiger partial charge in [-0.3, -0.25) is 4.21 Å². The normalized spacial score (nSPS) is 11.6. The molecule has 1 unspecified atom stereocenters. The Morgan fingerprint density at radius 3 is 2.00 bits per heavy atom. The van der Waals surface area contributed by atoms with E-state index in [2.05, 4.69) is 37.0 Å². The van der Waals surface area contributed by atoms with Crippen LogP contribution in [0.1, 0.15) is 0 Å². The summed E-state index contributed by atoms with van der Waals surface area (Å²) in [6.07, 6.45) is 0. The largest absolute Gasteiger partial charge is 1.00 e. The fraction of sp³-hybridized carbons (Fsp3) is 0.